The van der Waals surface area contributed by atoms with Gasteiger partial charge in [0.15, 0.2) is 0 Å². The second-order valence-electron chi connectivity index (χ2n) is 5.03. The summed E-state index contributed by atoms with van der Waals surface area (Å²) in [5.41, 5.74) is 2.14. The Kier molecular flexibility index (Phi) is 5.05. The van der Waals surface area contributed by atoms with Crippen molar-refractivity contribution in [2.45, 2.75) is 24.8 Å². The van der Waals surface area contributed by atoms with Crippen molar-refractivity contribution < 1.29 is 5.11 Å². The Bertz CT molecular complexity index is 560. The van der Waals surface area contributed by atoms with Crippen LogP contribution in [0.3, 0.4) is 0 Å². The molecule has 0 radical (unpaired) electrons. The lowest BCUT2D eigenvalue weighted by atomic mass is 9.97. The van der Waals surface area contributed by atoms with Crippen molar-refractivity contribution in [3.05, 3.63) is 77.2 Å². The molecule has 2 aromatic rings. The fraction of sp³-hybridized carbons (Fsp3) is 0.222. The quantitative estimate of drug-likeness (QED) is 0.782. The maximum Gasteiger partial charge on any atom is 0.0860 e. The van der Waals surface area contributed by atoms with Gasteiger partial charge in [0.25, 0.3) is 0 Å². The van der Waals surface area contributed by atoms with Crippen LogP contribution in [0.4, 0.5) is 0 Å². The van der Waals surface area contributed by atoms with Crippen molar-refractivity contribution in [3.63, 3.8) is 0 Å². The lowest BCUT2D eigenvalue weighted by Crippen LogP contribution is -2.09. The van der Waals surface area contributed by atoms with Crippen LogP contribution in [-0.4, -0.2) is 5.11 Å². The highest BCUT2D eigenvalue weighted by molar-refractivity contribution is 8.03. The molecule has 2 rings (SSSR count). The van der Waals surface area contributed by atoms with E-state index in [4.69, 9.17) is 0 Å². The van der Waals surface area contributed by atoms with E-state index in [0.717, 1.165) is 15.4 Å². The van der Waals surface area contributed by atoms with Crippen LogP contribution >= 0.6 is 11.8 Å². The lowest BCUT2D eigenvalue weighted by Gasteiger charge is -2.21. The van der Waals surface area contributed by atoms with Gasteiger partial charge in [-0.15, -0.1) is 0 Å². The molecule has 2 unspecified atom stereocenters. The van der Waals surface area contributed by atoms with E-state index in [1.165, 1.54) is 5.56 Å². The Balaban J connectivity index is 2.04. The lowest BCUT2D eigenvalue weighted by molar-refractivity contribution is 0.138. The van der Waals surface area contributed by atoms with Gasteiger partial charge >= 0.3 is 0 Å². The van der Waals surface area contributed by atoms with E-state index in [1.54, 1.807) is 11.8 Å². The highest BCUT2D eigenvalue weighted by atomic mass is 32.2. The van der Waals surface area contributed by atoms with Crippen LogP contribution in [0, 0.1) is 12.8 Å². The van der Waals surface area contributed by atoms with Gasteiger partial charge in [-0.25, -0.2) is 0 Å². The molecular formula is C18H20OS. The van der Waals surface area contributed by atoms with Gasteiger partial charge in [0.05, 0.1) is 6.10 Å². The van der Waals surface area contributed by atoms with Gasteiger partial charge < -0.3 is 5.11 Å². The minimum absolute atomic E-state index is 0.00270. The van der Waals surface area contributed by atoms with E-state index in [-0.39, 0.29) is 5.92 Å². The Hall–Kier alpha value is -1.51. The molecule has 20 heavy (non-hydrogen) atoms. The molecule has 0 aromatic heterocycles. The summed E-state index contributed by atoms with van der Waals surface area (Å²) >= 11 is 1.62. The smallest absolute Gasteiger partial charge is 0.0860 e. The molecule has 0 heterocycles. The van der Waals surface area contributed by atoms with E-state index >= 15 is 0 Å². The van der Waals surface area contributed by atoms with E-state index in [0.29, 0.717) is 0 Å². The minimum atomic E-state index is -0.515. The minimum Gasteiger partial charge on any atom is -0.388 e. The van der Waals surface area contributed by atoms with Gasteiger partial charge in [0.2, 0.25) is 0 Å². The molecule has 1 nitrogen and oxygen atoms in total. The molecular weight excluding hydrogens is 264 g/mol. The summed E-state index contributed by atoms with van der Waals surface area (Å²) in [6.45, 7) is 8.18. The standard InChI is InChI=1S/C18H20OS/c1-13-9-11-16(12-10-13)18(19)14(2)15(3)20-17-7-5-4-6-8-17/h4-12,14,18-19H,3H2,1-2H3. The van der Waals surface area contributed by atoms with Gasteiger partial charge in [-0.1, -0.05) is 73.3 Å². The van der Waals surface area contributed by atoms with Crippen molar-refractivity contribution in [2.24, 2.45) is 5.92 Å². The third kappa shape index (κ3) is 3.75. The highest BCUT2D eigenvalue weighted by Gasteiger charge is 2.19. The molecule has 2 heteroatoms. The molecule has 0 aliphatic heterocycles. The Morgan fingerprint density at radius 1 is 1.05 bits per heavy atom. The largest absolute Gasteiger partial charge is 0.388 e. The van der Waals surface area contributed by atoms with Gasteiger partial charge in [0, 0.05) is 10.8 Å². The first-order valence-electron chi connectivity index (χ1n) is 6.74. The molecule has 0 amide bonds. The molecule has 104 valence electrons. The highest BCUT2D eigenvalue weighted by Crippen LogP contribution is 2.36. The molecule has 0 saturated heterocycles. The topological polar surface area (TPSA) is 20.2 Å². The number of hydrogen-bond acceptors (Lipinski definition) is 2. The monoisotopic (exact) mass is 284 g/mol. The number of thioether (sulfide) groups is 1. The molecule has 0 bridgehead atoms. The zero-order valence-corrected chi connectivity index (χ0v) is 12.7. The number of rotatable bonds is 5. The van der Waals surface area contributed by atoms with Crippen LogP contribution in [0.15, 0.2) is 71.0 Å². The zero-order valence-electron chi connectivity index (χ0n) is 11.9. The molecule has 0 spiro atoms. The molecule has 2 atom stereocenters. The predicted molar refractivity (Wildman–Crippen MR) is 86.7 cm³/mol. The van der Waals surface area contributed by atoms with Crippen LogP contribution in [0.5, 0.6) is 0 Å². The molecule has 0 aliphatic carbocycles. The SMILES string of the molecule is C=C(Sc1ccccc1)C(C)C(O)c1ccc(C)cc1. The van der Waals surface area contributed by atoms with Crippen molar-refractivity contribution in [1.29, 1.82) is 0 Å². The first kappa shape index (κ1) is 14.9. The van der Waals surface area contributed by atoms with Gasteiger partial charge in [-0.05, 0) is 29.5 Å². The average Bonchev–Trinajstić information content (AvgIpc) is 2.47. The summed E-state index contributed by atoms with van der Waals surface area (Å²) < 4.78 is 0. The Morgan fingerprint density at radius 3 is 2.25 bits per heavy atom. The summed E-state index contributed by atoms with van der Waals surface area (Å²) in [6, 6.07) is 18.1. The summed E-state index contributed by atoms with van der Waals surface area (Å²) in [7, 11) is 0. The second-order valence-corrected chi connectivity index (χ2v) is 6.23. The summed E-state index contributed by atoms with van der Waals surface area (Å²) in [4.78, 5) is 2.13. The molecule has 0 saturated carbocycles. The van der Waals surface area contributed by atoms with Crippen molar-refractivity contribution in [2.75, 3.05) is 0 Å². The van der Waals surface area contributed by atoms with Crippen LogP contribution in [-0.2, 0) is 0 Å². The molecule has 0 fully saturated rings. The molecule has 1 N–H and O–H groups in total. The van der Waals surface area contributed by atoms with Crippen LogP contribution in [0.1, 0.15) is 24.2 Å². The Morgan fingerprint density at radius 2 is 1.65 bits per heavy atom. The summed E-state index contributed by atoms with van der Waals surface area (Å²) in [5.74, 6) is 0.00270. The van der Waals surface area contributed by atoms with E-state index in [9.17, 15) is 5.11 Å². The van der Waals surface area contributed by atoms with Gasteiger partial charge in [-0.3, -0.25) is 0 Å². The second kappa shape index (κ2) is 6.78. The third-order valence-corrected chi connectivity index (χ3v) is 4.53. The van der Waals surface area contributed by atoms with Crippen molar-refractivity contribution >= 4 is 11.8 Å². The number of benzene rings is 2. The predicted octanol–water partition coefficient (Wildman–Crippen LogP) is 4.97. The fourth-order valence-corrected chi connectivity index (χ4v) is 2.87. The van der Waals surface area contributed by atoms with Gasteiger partial charge in [-0.2, -0.15) is 0 Å². The maximum atomic E-state index is 10.5. The third-order valence-electron chi connectivity index (χ3n) is 3.39. The fourth-order valence-electron chi connectivity index (χ4n) is 1.96. The molecule has 0 aliphatic rings. The number of hydrogen-bond donors (Lipinski definition) is 1. The van der Waals surface area contributed by atoms with Crippen LogP contribution in [0.25, 0.3) is 0 Å². The summed E-state index contributed by atoms with van der Waals surface area (Å²) in [6.07, 6.45) is -0.515. The summed E-state index contributed by atoms with van der Waals surface area (Å²) in [5, 5.41) is 10.5. The number of aliphatic hydroxyl groups is 1. The first-order valence-corrected chi connectivity index (χ1v) is 7.56. The average molecular weight is 284 g/mol. The van der Waals surface area contributed by atoms with Crippen molar-refractivity contribution in [1.82, 2.24) is 0 Å². The van der Waals surface area contributed by atoms with Crippen LogP contribution < -0.4 is 0 Å². The van der Waals surface area contributed by atoms with Crippen molar-refractivity contribution in [3.8, 4) is 0 Å². The maximum absolute atomic E-state index is 10.5. The van der Waals surface area contributed by atoms with Gasteiger partial charge in [0.1, 0.15) is 0 Å². The molecule has 2 aromatic carbocycles. The van der Waals surface area contributed by atoms with E-state index in [1.807, 2.05) is 56.3 Å². The van der Waals surface area contributed by atoms with Crippen LogP contribution in [0.2, 0.25) is 0 Å². The Labute approximate surface area is 125 Å². The number of aryl methyl sites for hydroxylation is 1. The number of aliphatic hydroxyl groups excluding tert-OH is 1. The zero-order chi connectivity index (χ0) is 14.5. The van der Waals surface area contributed by atoms with E-state index < -0.39 is 6.10 Å². The van der Waals surface area contributed by atoms with E-state index in [2.05, 4.69) is 18.7 Å². The normalized spacial score (nSPS) is 13.8. The first-order chi connectivity index (χ1) is 9.58.